The fourth-order valence-electron chi connectivity index (χ4n) is 5.15. The summed E-state index contributed by atoms with van der Waals surface area (Å²) in [6, 6.07) is 10.2. The Hall–Kier alpha value is -1.02. The number of benzene rings is 1. The Bertz CT molecular complexity index is 543. The molecule has 1 unspecified atom stereocenters. The van der Waals surface area contributed by atoms with Gasteiger partial charge in [-0.05, 0) is 25.0 Å². The van der Waals surface area contributed by atoms with Crippen LogP contribution < -0.4 is 4.74 Å². The molecule has 0 bridgehead atoms. The van der Waals surface area contributed by atoms with Crippen LogP contribution in [0, 0.1) is 0 Å². The summed E-state index contributed by atoms with van der Waals surface area (Å²) >= 11 is 0. The summed E-state index contributed by atoms with van der Waals surface area (Å²) in [5.41, 5.74) is 0. The first-order chi connectivity index (χ1) is 18.4. The van der Waals surface area contributed by atoms with Gasteiger partial charge in [0.1, 0.15) is 12.4 Å². The minimum absolute atomic E-state index is 0.229. The third kappa shape index (κ3) is 23.8. The summed E-state index contributed by atoms with van der Waals surface area (Å²) in [5.74, 6) is 0.957. The lowest BCUT2D eigenvalue weighted by molar-refractivity contribution is 0.0118. The van der Waals surface area contributed by atoms with Crippen molar-refractivity contribution in [2.24, 2.45) is 0 Å². The molecule has 216 valence electrons. The van der Waals surface area contributed by atoms with Gasteiger partial charge >= 0.3 is 0 Å². The maximum atomic E-state index is 6.30. The van der Waals surface area contributed by atoms with Gasteiger partial charge < -0.3 is 9.47 Å². The molecule has 1 aromatic rings. The van der Waals surface area contributed by atoms with Gasteiger partial charge in [0.2, 0.25) is 0 Å². The van der Waals surface area contributed by atoms with Crippen LogP contribution in [0.1, 0.15) is 168 Å². The molecular weight excluding hydrogens is 452 g/mol. The molecule has 0 radical (unpaired) electrons. The van der Waals surface area contributed by atoms with E-state index in [1.54, 1.807) is 0 Å². The Morgan fingerprint density at radius 1 is 0.486 bits per heavy atom. The van der Waals surface area contributed by atoms with E-state index in [0.717, 1.165) is 18.8 Å². The highest BCUT2D eigenvalue weighted by atomic mass is 16.5. The molecular formula is C35H64O2. The Balaban J connectivity index is 1.99. The van der Waals surface area contributed by atoms with Gasteiger partial charge in [0.15, 0.2) is 0 Å². The topological polar surface area (TPSA) is 18.5 Å². The van der Waals surface area contributed by atoms with Gasteiger partial charge in [0, 0.05) is 6.61 Å². The van der Waals surface area contributed by atoms with E-state index >= 15 is 0 Å². The fraction of sp³-hybridized carbons (Fsp3) is 0.829. The van der Waals surface area contributed by atoms with E-state index in [0.29, 0.717) is 6.61 Å². The second-order valence-electron chi connectivity index (χ2n) is 11.3. The number of rotatable bonds is 29. The van der Waals surface area contributed by atoms with Crippen LogP contribution in [0.15, 0.2) is 30.3 Å². The van der Waals surface area contributed by atoms with Crippen molar-refractivity contribution in [3.8, 4) is 5.75 Å². The van der Waals surface area contributed by atoms with Crippen LogP contribution in [0.3, 0.4) is 0 Å². The monoisotopic (exact) mass is 516 g/mol. The van der Waals surface area contributed by atoms with Crippen LogP contribution in [0.4, 0.5) is 0 Å². The van der Waals surface area contributed by atoms with Gasteiger partial charge in [0.25, 0.3) is 0 Å². The maximum Gasteiger partial charge on any atom is 0.119 e. The van der Waals surface area contributed by atoms with E-state index < -0.39 is 0 Å². The third-order valence-electron chi connectivity index (χ3n) is 7.66. The zero-order valence-electron chi connectivity index (χ0n) is 25.2. The molecule has 0 N–H and O–H groups in total. The maximum absolute atomic E-state index is 6.30. The predicted molar refractivity (Wildman–Crippen MR) is 164 cm³/mol. The van der Waals surface area contributed by atoms with Crippen molar-refractivity contribution < 1.29 is 9.47 Å². The molecule has 0 fully saturated rings. The van der Waals surface area contributed by atoms with Crippen molar-refractivity contribution in [2.45, 2.75) is 174 Å². The molecule has 1 atom stereocenters. The molecule has 2 nitrogen and oxygen atoms in total. The largest absolute Gasteiger partial charge is 0.491 e. The second kappa shape index (κ2) is 28.0. The summed E-state index contributed by atoms with van der Waals surface area (Å²) in [6.07, 6.45) is 33.4. The first-order valence-electron chi connectivity index (χ1n) is 16.7. The molecule has 0 aromatic heterocycles. The number of ether oxygens (including phenoxy) is 2. The Labute approximate surface area is 232 Å². The Kier molecular flexibility index (Phi) is 25.7. The number of unbranched alkanes of at least 4 members (excludes halogenated alkanes) is 21. The van der Waals surface area contributed by atoms with E-state index in [-0.39, 0.29) is 6.10 Å². The van der Waals surface area contributed by atoms with Crippen molar-refractivity contribution in [1.29, 1.82) is 0 Å². The van der Waals surface area contributed by atoms with E-state index in [9.17, 15) is 0 Å². The van der Waals surface area contributed by atoms with Crippen LogP contribution in [-0.4, -0.2) is 19.3 Å². The molecule has 0 aliphatic heterocycles. The summed E-state index contributed by atoms with van der Waals surface area (Å²) in [6.45, 7) is 6.15. The zero-order chi connectivity index (χ0) is 26.5. The molecule has 0 amide bonds. The Morgan fingerprint density at radius 2 is 0.892 bits per heavy atom. The Morgan fingerprint density at radius 3 is 1.35 bits per heavy atom. The average Bonchev–Trinajstić information content (AvgIpc) is 2.93. The lowest BCUT2D eigenvalue weighted by Gasteiger charge is -2.19. The minimum Gasteiger partial charge on any atom is -0.491 e. The predicted octanol–water partition coefficient (Wildman–Crippen LogP) is 11.9. The van der Waals surface area contributed by atoms with Gasteiger partial charge in [-0.2, -0.15) is 0 Å². The SMILES string of the molecule is CCCCCCCCCCCCCCCCCCOC(CCCCCCCCC)COc1ccccc1. The zero-order valence-corrected chi connectivity index (χ0v) is 25.2. The molecule has 0 saturated carbocycles. The number of hydrogen-bond acceptors (Lipinski definition) is 2. The minimum atomic E-state index is 0.229. The fourth-order valence-corrected chi connectivity index (χ4v) is 5.15. The highest BCUT2D eigenvalue weighted by molar-refractivity contribution is 5.20. The molecule has 37 heavy (non-hydrogen) atoms. The van der Waals surface area contributed by atoms with Crippen molar-refractivity contribution in [3.05, 3.63) is 30.3 Å². The van der Waals surface area contributed by atoms with E-state index in [1.165, 1.54) is 148 Å². The van der Waals surface area contributed by atoms with E-state index in [2.05, 4.69) is 13.8 Å². The van der Waals surface area contributed by atoms with Crippen molar-refractivity contribution in [1.82, 2.24) is 0 Å². The lowest BCUT2D eigenvalue weighted by atomic mass is 10.0. The van der Waals surface area contributed by atoms with Gasteiger partial charge in [-0.1, -0.05) is 173 Å². The van der Waals surface area contributed by atoms with Gasteiger partial charge in [-0.15, -0.1) is 0 Å². The summed E-state index contributed by atoms with van der Waals surface area (Å²) in [4.78, 5) is 0. The normalized spacial score (nSPS) is 12.2. The average molecular weight is 517 g/mol. The first kappa shape index (κ1) is 34.0. The van der Waals surface area contributed by atoms with Crippen LogP contribution in [0.2, 0.25) is 0 Å². The van der Waals surface area contributed by atoms with Crippen molar-refractivity contribution >= 4 is 0 Å². The molecule has 1 rings (SSSR count). The highest BCUT2D eigenvalue weighted by Crippen LogP contribution is 2.16. The second-order valence-corrected chi connectivity index (χ2v) is 11.3. The van der Waals surface area contributed by atoms with Crippen LogP contribution in [0.5, 0.6) is 5.75 Å². The molecule has 0 saturated heterocycles. The lowest BCUT2D eigenvalue weighted by Crippen LogP contribution is -2.22. The third-order valence-corrected chi connectivity index (χ3v) is 7.66. The van der Waals surface area contributed by atoms with Crippen LogP contribution >= 0.6 is 0 Å². The van der Waals surface area contributed by atoms with Crippen LogP contribution in [-0.2, 0) is 4.74 Å². The van der Waals surface area contributed by atoms with E-state index in [4.69, 9.17) is 9.47 Å². The van der Waals surface area contributed by atoms with Crippen molar-refractivity contribution in [2.75, 3.05) is 13.2 Å². The summed E-state index contributed by atoms with van der Waals surface area (Å²) in [5, 5.41) is 0. The van der Waals surface area contributed by atoms with Gasteiger partial charge in [-0.25, -0.2) is 0 Å². The number of para-hydroxylation sites is 1. The smallest absolute Gasteiger partial charge is 0.119 e. The van der Waals surface area contributed by atoms with Gasteiger partial charge in [-0.3, -0.25) is 0 Å². The van der Waals surface area contributed by atoms with Gasteiger partial charge in [0.05, 0.1) is 6.10 Å². The molecule has 1 aromatic carbocycles. The molecule has 0 aliphatic carbocycles. The summed E-state index contributed by atoms with van der Waals surface area (Å²) in [7, 11) is 0. The standard InChI is InChI=1S/C35H64O2/c1-3-5-7-9-11-12-13-14-15-16-17-18-19-21-23-28-32-36-35(31-25-22-20-10-8-6-4-2)33-37-34-29-26-24-27-30-34/h24,26-27,29-30,35H,3-23,25,28,31-33H2,1-2H3. The number of hydrogen-bond donors (Lipinski definition) is 0. The molecule has 0 heterocycles. The first-order valence-corrected chi connectivity index (χ1v) is 16.7. The summed E-state index contributed by atoms with van der Waals surface area (Å²) < 4.78 is 12.3. The highest BCUT2D eigenvalue weighted by Gasteiger charge is 2.10. The van der Waals surface area contributed by atoms with Crippen molar-refractivity contribution in [3.63, 3.8) is 0 Å². The molecule has 0 aliphatic rings. The molecule has 2 heteroatoms. The quantitative estimate of drug-likeness (QED) is 0.0985. The van der Waals surface area contributed by atoms with Crippen LogP contribution in [0.25, 0.3) is 0 Å². The van der Waals surface area contributed by atoms with E-state index in [1.807, 2.05) is 30.3 Å². The molecule has 0 spiro atoms.